The van der Waals surface area contributed by atoms with Gasteiger partial charge in [-0.25, -0.2) is 9.97 Å². The molecule has 0 bridgehead atoms. The highest BCUT2D eigenvalue weighted by Gasteiger charge is 2.04. The molecule has 2 rings (SSSR count). The number of nitrogens with one attached hydrogen (secondary N) is 1. The molecule has 4 nitrogen and oxygen atoms in total. The van der Waals surface area contributed by atoms with E-state index < -0.39 is 0 Å². The van der Waals surface area contributed by atoms with Crippen LogP contribution in [-0.4, -0.2) is 15.0 Å². The molecule has 2 aromatic heterocycles. The van der Waals surface area contributed by atoms with Crippen LogP contribution in [0.2, 0.25) is 5.15 Å². The number of nitrogens with zero attached hydrogens (tertiary/aromatic N) is 2. The average Bonchev–Trinajstić information content (AvgIpc) is 2.19. The predicted molar refractivity (Wildman–Crippen MR) is 54.7 cm³/mol. The fourth-order valence-electron chi connectivity index (χ4n) is 1.11. The number of aromatic nitrogens is 3. The van der Waals surface area contributed by atoms with E-state index in [4.69, 9.17) is 23.2 Å². The third-order valence-electron chi connectivity index (χ3n) is 1.69. The number of aromatic amines is 1. The fourth-order valence-corrected chi connectivity index (χ4v) is 1.39. The van der Waals surface area contributed by atoms with Crippen LogP contribution >= 0.6 is 23.2 Å². The van der Waals surface area contributed by atoms with Crippen molar-refractivity contribution in [2.75, 3.05) is 0 Å². The van der Waals surface area contributed by atoms with Crippen LogP contribution in [0.3, 0.4) is 0 Å². The highest BCUT2D eigenvalue weighted by molar-refractivity contribution is 6.29. The lowest BCUT2D eigenvalue weighted by molar-refractivity contribution is 1.03. The van der Waals surface area contributed by atoms with Crippen molar-refractivity contribution in [3.63, 3.8) is 0 Å². The second-order valence-corrected chi connectivity index (χ2v) is 3.30. The lowest BCUT2D eigenvalue weighted by Gasteiger charge is -1.98. The third kappa shape index (κ3) is 1.58. The van der Waals surface area contributed by atoms with E-state index in [0.717, 1.165) is 0 Å². The summed E-state index contributed by atoms with van der Waals surface area (Å²) in [5.74, 6) is 0.585. The van der Waals surface area contributed by atoms with E-state index in [2.05, 4.69) is 15.0 Å². The van der Waals surface area contributed by atoms with E-state index >= 15 is 0 Å². The first-order valence-electron chi connectivity index (χ1n) is 3.82. The van der Waals surface area contributed by atoms with Crippen LogP contribution in [0.25, 0.3) is 11.0 Å². The minimum absolute atomic E-state index is 0.161. The number of alkyl halides is 1. The Balaban J connectivity index is 2.83. The summed E-state index contributed by atoms with van der Waals surface area (Å²) in [6.07, 6.45) is 0. The quantitative estimate of drug-likeness (QED) is 0.599. The first-order valence-corrected chi connectivity index (χ1v) is 4.73. The minimum atomic E-state index is -0.326. The maximum Gasteiger partial charge on any atom is 0.277 e. The fraction of sp³-hybridized carbons (Fsp3) is 0.125. The molecule has 2 heterocycles. The van der Waals surface area contributed by atoms with Gasteiger partial charge < -0.3 is 4.98 Å². The lowest BCUT2D eigenvalue weighted by Crippen LogP contribution is -2.12. The zero-order valence-electron chi connectivity index (χ0n) is 6.92. The highest BCUT2D eigenvalue weighted by atomic mass is 35.5. The zero-order valence-corrected chi connectivity index (χ0v) is 8.43. The molecule has 0 aliphatic heterocycles. The third-order valence-corrected chi connectivity index (χ3v) is 2.16. The Morgan fingerprint density at radius 3 is 2.86 bits per heavy atom. The Kier molecular flexibility index (Phi) is 2.39. The van der Waals surface area contributed by atoms with Crippen molar-refractivity contribution in [3.8, 4) is 0 Å². The van der Waals surface area contributed by atoms with Crippen molar-refractivity contribution in [3.05, 3.63) is 33.5 Å². The number of rotatable bonds is 1. The van der Waals surface area contributed by atoms with Crippen LogP contribution in [-0.2, 0) is 5.88 Å². The average molecular weight is 230 g/mol. The van der Waals surface area contributed by atoms with Gasteiger partial charge >= 0.3 is 0 Å². The summed E-state index contributed by atoms with van der Waals surface area (Å²) >= 11 is 11.2. The van der Waals surface area contributed by atoms with Gasteiger partial charge in [-0.2, -0.15) is 0 Å². The summed E-state index contributed by atoms with van der Waals surface area (Å²) in [6.45, 7) is 0. The largest absolute Gasteiger partial charge is 0.308 e. The molecular weight excluding hydrogens is 225 g/mol. The lowest BCUT2D eigenvalue weighted by atomic mass is 10.3. The molecule has 0 amide bonds. The maximum atomic E-state index is 11.4. The van der Waals surface area contributed by atoms with Crippen molar-refractivity contribution in [2.45, 2.75) is 5.88 Å². The summed E-state index contributed by atoms with van der Waals surface area (Å²) in [5, 5.41) is 0.267. The number of H-pyrrole nitrogens is 1. The van der Waals surface area contributed by atoms with Gasteiger partial charge in [-0.1, -0.05) is 11.6 Å². The highest BCUT2D eigenvalue weighted by Crippen LogP contribution is 2.10. The predicted octanol–water partition coefficient (Wildman–Crippen LogP) is 1.71. The van der Waals surface area contributed by atoms with Gasteiger partial charge in [-0.05, 0) is 12.1 Å². The normalized spacial score (nSPS) is 10.7. The first-order chi connectivity index (χ1) is 6.70. The van der Waals surface area contributed by atoms with E-state index in [-0.39, 0.29) is 22.1 Å². The van der Waals surface area contributed by atoms with Crippen molar-refractivity contribution in [2.24, 2.45) is 0 Å². The Morgan fingerprint density at radius 1 is 1.36 bits per heavy atom. The number of fused-ring (bicyclic) bond motifs is 1. The maximum absolute atomic E-state index is 11.4. The molecule has 0 fully saturated rings. The Morgan fingerprint density at radius 2 is 2.14 bits per heavy atom. The van der Waals surface area contributed by atoms with E-state index in [9.17, 15) is 4.79 Å². The zero-order chi connectivity index (χ0) is 10.1. The molecule has 0 radical (unpaired) electrons. The van der Waals surface area contributed by atoms with Crippen molar-refractivity contribution >= 4 is 34.2 Å². The van der Waals surface area contributed by atoms with Gasteiger partial charge in [0.05, 0.1) is 11.4 Å². The molecule has 14 heavy (non-hydrogen) atoms. The minimum Gasteiger partial charge on any atom is -0.308 e. The van der Waals surface area contributed by atoms with Crippen LogP contribution in [0.15, 0.2) is 16.9 Å². The van der Waals surface area contributed by atoms with Gasteiger partial charge in [0.1, 0.15) is 11.0 Å². The van der Waals surface area contributed by atoms with Gasteiger partial charge in [0.25, 0.3) is 5.56 Å². The smallest absolute Gasteiger partial charge is 0.277 e. The first kappa shape index (κ1) is 9.43. The van der Waals surface area contributed by atoms with Crippen LogP contribution in [0, 0.1) is 0 Å². The summed E-state index contributed by atoms with van der Waals surface area (Å²) < 4.78 is 0. The monoisotopic (exact) mass is 229 g/mol. The Labute approximate surface area is 88.9 Å². The SMILES string of the molecule is O=c1[nH]c(CCl)nc2ccc(Cl)nc12. The van der Waals surface area contributed by atoms with Crippen molar-refractivity contribution in [1.82, 2.24) is 15.0 Å². The summed E-state index contributed by atoms with van der Waals surface area (Å²) in [5.41, 5.74) is 0.397. The number of hydrogen-bond acceptors (Lipinski definition) is 3. The molecule has 0 spiro atoms. The second kappa shape index (κ2) is 3.55. The molecule has 0 aliphatic carbocycles. The molecule has 0 saturated carbocycles. The molecule has 1 N–H and O–H groups in total. The van der Waals surface area contributed by atoms with Crippen molar-refractivity contribution < 1.29 is 0 Å². The van der Waals surface area contributed by atoms with Gasteiger partial charge in [0, 0.05) is 0 Å². The molecule has 6 heteroatoms. The van der Waals surface area contributed by atoms with Gasteiger partial charge in [0.2, 0.25) is 0 Å². The Bertz CT molecular complexity index is 538. The summed E-state index contributed by atoms with van der Waals surface area (Å²) in [6, 6.07) is 3.21. The van der Waals surface area contributed by atoms with E-state index in [1.54, 1.807) is 12.1 Å². The Hall–Kier alpha value is -1.13. The summed E-state index contributed by atoms with van der Waals surface area (Å²) in [7, 11) is 0. The van der Waals surface area contributed by atoms with E-state index in [0.29, 0.717) is 11.3 Å². The van der Waals surface area contributed by atoms with Gasteiger partial charge in [-0.15, -0.1) is 11.6 Å². The molecule has 72 valence electrons. The molecule has 0 saturated heterocycles. The molecular formula is C8H5Cl2N3O. The second-order valence-electron chi connectivity index (χ2n) is 2.65. The number of halogens is 2. The van der Waals surface area contributed by atoms with Crippen LogP contribution in [0.1, 0.15) is 5.82 Å². The standard InChI is InChI=1S/C8H5Cl2N3O/c9-3-6-11-4-1-2-5(10)12-7(4)8(14)13-6/h1-2H,3H2,(H,11,13,14). The molecule has 0 aromatic carbocycles. The summed E-state index contributed by atoms with van der Waals surface area (Å²) in [4.78, 5) is 21.9. The van der Waals surface area contributed by atoms with E-state index in [1.165, 1.54) is 0 Å². The van der Waals surface area contributed by atoms with Crippen LogP contribution in [0.4, 0.5) is 0 Å². The molecule has 2 aromatic rings. The number of hydrogen-bond donors (Lipinski definition) is 1. The molecule has 0 unspecified atom stereocenters. The van der Waals surface area contributed by atoms with Crippen LogP contribution < -0.4 is 5.56 Å². The molecule has 0 atom stereocenters. The van der Waals surface area contributed by atoms with Crippen molar-refractivity contribution in [1.29, 1.82) is 0 Å². The number of pyridine rings is 1. The topological polar surface area (TPSA) is 58.6 Å². The van der Waals surface area contributed by atoms with Gasteiger partial charge in [-0.3, -0.25) is 4.79 Å². The van der Waals surface area contributed by atoms with Crippen LogP contribution in [0.5, 0.6) is 0 Å². The van der Waals surface area contributed by atoms with E-state index in [1.807, 2.05) is 0 Å². The molecule has 0 aliphatic rings. The van der Waals surface area contributed by atoms with Gasteiger partial charge in [0.15, 0.2) is 5.52 Å².